The molecular weight excluding hydrogens is 221 g/mol. The second-order valence-electron chi connectivity index (χ2n) is 3.48. The van der Waals surface area contributed by atoms with Crippen LogP contribution in [0.2, 0.25) is 0 Å². The van der Waals surface area contributed by atoms with Gasteiger partial charge in [0, 0.05) is 11.1 Å². The summed E-state index contributed by atoms with van der Waals surface area (Å²) in [4.78, 5) is 0. The molecule has 0 amide bonds. The average Bonchev–Trinajstić information content (AvgIpc) is 2.44. The van der Waals surface area contributed by atoms with Gasteiger partial charge in [-0.25, -0.2) is 0 Å². The number of hydrogen-bond acceptors (Lipinski definition) is 2. The summed E-state index contributed by atoms with van der Waals surface area (Å²) in [6.45, 7) is 0. The Balaban J connectivity index is 2.26. The first kappa shape index (κ1) is 9.64. The quantitative estimate of drug-likeness (QED) is 0.639. The maximum absolute atomic E-state index is 7.73. The minimum atomic E-state index is -2.00. The van der Waals surface area contributed by atoms with E-state index in [0.29, 0.717) is 0 Å². The second kappa shape index (κ2) is 3.78. The van der Waals surface area contributed by atoms with Gasteiger partial charge in [-0.3, -0.25) is 0 Å². The van der Waals surface area contributed by atoms with Crippen LogP contribution in [0.1, 0.15) is 0 Å². The molecule has 0 radical (unpaired) electrons. The van der Waals surface area contributed by atoms with E-state index in [0.717, 1.165) is 22.6 Å². The highest BCUT2D eigenvalue weighted by Crippen LogP contribution is 2.50. The highest BCUT2D eigenvalue weighted by atomic mass is 31.2. The molecule has 0 saturated heterocycles. The van der Waals surface area contributed by atoms with Crippen LogP contribution < -0.4 is 9.05 Å². The molecule has 1 aliphatic heterocycles. The van der Waals surface area contributed by atoms with Crippen LogP contribution >= 0.6 is 8.53 Å². The van der Waals surface area contributed by atoms with E-state index in [4.69, 9.17) is 14.6 Å². The molecule has 0 saturated carbocycles. The highest BCUT2D eigenvalue weighted by molar-refractivity contribution is 7.50. The molecule has 1 aliphatic rings. The third-order valence-corrected chi connectivity index (χ3v) is 3.28. The molecule has 16 heavy (non-hydrogen) atoms. The first-order valence-electron chi connectivity index (χ1n) is 4.97. The molecule has 0 spiro atoms. The Hall–Kier alpha value is -1.57. The van der Waals surface area contributed by atoms with E-state index in [9.17, 15) is 0 Å². The van der Waals surface area contributed by atoms with Crippen molar-refractivity contribution in [2.45, 2.75) is 0 Å². The Morgan fingerprint density at radius 2 is 1.19 bits per heavy atom. The van der Waals surface area contributed by atoms with Crippen LogP contribution in [0.5, 0.6) is 11.5 Å². The van der Waals surface area contributed by atoms with Gasteiger partial charge < -0.3 is 14.6 Å². The topological polar surface area (TPSA) is 42.3 Å². The second-order valence-corrected chi connectivity index (χ2v) is 4.47. The lowest BCUT2D eigenvalue weighted by Gasteiger charge is -2.08. The van der Waals surface area contributed by atoms with Gasteiger partial charge >= 0.3 is 0 Å². The van der Waals surface area contributed by atoms with Crippen molar-refractivity contribution in [3.8, 4) is 22.6 Å². The molecule has 3 rings (SSSR count). The van der Waals surface area contributed by atoms with E-state index in [-0.39, 0.29) is 0 Å². The summed E-state index contributed by atoms with van der Waals surface area (Å²) in [6, 6.07) is 15.4. The number of hydrogen-bond donors (Lipinski definition) is 0. The molecule has 1 heterocycles. The Labute approximate surface area is 94.8 Å². The summed E-state index contributed by atoms with van der Waals surface area (Å²) >= 11 is 0. The van der Waals surface area contributed by atoms with Crippen molar-refractivity contribution < 1.29 is 9.05 Å². The van der Waals surface area contributed by atoms with Gasteiger partial charge in [0.05, 0.1) is 0 Å². The smallest absolute Gasteiger partial charge is 0.284 e. The number of para-hydroxylation sites is 2. The van der Waals surface area contributed by atoms with Gasteiger partial charge in [0.15, 0.2) is 11.5 Å². The molecule has 3 nitrogen and oxygen atoms in total. The van der Waals surface area contributed by atoms with Crippen molar-refractivity contribution in [1.29, 1.82) is 0 Å². The SMILES string of the molecule is [NH-][PH+]1Oc2ccccc2-c2ccccc2O1. The molecule has 1 N–H and O–H groups in total. The van der Waals surface area contributed by atoms with Crippen molar-refractivity contribution in [2.24, 2.45) is 0 Å². The number of nitrogens with one attached hydrogen (secondary N) is 1. The summed E-state index contributed by atoms with van der Waals surface area (Å²) in [5, 5.41) is 0. The molecule has 0 bridgehead atoms. The Morgan fingerprint density at radius 3 is 1.69 bits per heavy atom. The van der Waals surface area contributed by atoms with Crippen LogP contribution in [0.4, 0.5) is 0 Å². The van der Waals surface area contributed by atoms with Crippen LogP contribution in [0.25, 0.3) is 16.6 Å². The maximum Gasteiger partial charge on any atom is 0.284 e. The first-order chi connectivity index (χ1) is 7.84. The predicted molar refractivity (Wildman–Crippen MR) is 65.8 cm³/mol. The molecule has 0 aliphatic carbocycles. The lowest BCUT2D eigenvalue weighted by atomic mass is 10.0. The average molecular weight is 231 g/mol. The molecule has 80 valence electrons. The Bertz CT molecular complexity index is 482. The van der Waals surface area contributed by atoms with Crippen molar-refractivity contribution in [1.82, 2.24) is 0 Å². The van der Waals surface area contributed by atoms with Gasteiger partial charge in [0.1, 0.15) is 0 Å². The van der Waals surface area contributed by atoms with Crippen LogP contribution in [0.15, 0.2) is 48.5 Å². The summed E-state index contributed by atoms with van der Waals surface area (Å²) in [5.41, 5.74) is 9.71. The Morgan fingerprint density at radius 1 is 0.750 bits per heavy atom. The van der Waals surface area contributed by atoms with Crippen LogP contribution in [-0.2, 0) is 0 Å². The number of rotatable bonds is 0. The summed E-state index contributed by atoms with van der Waals surface area (Å²) in [5.74, 6) is 1.47. The molecular formula is C12H10NO2P. The molecule has 0 fully saturated rings. The monoisotopic (exact) mass is 231 g/mol. The zero-order valence-corrected chi connectivity index (χ0v) is 9.44. The molecule has 2 aromatic rings. The van der Waals surface area contributed by atoms with Gasteiger partial charge in [-0.05, 0) is 12.1 Å². The van der Waals surface area contributed by atoms with Crippen molar-refractivity contribution in [2.75, 3.05) is 0 Å². The van der Waals surface area contributed by atoms with E-state index >= 15 is 0 Å². The van der Waals surface area contributed by atoms with E-state index in [1.807, 2.05) is 48.5 Å². The summed E-state index contributed by atoms with van der Waals surface area (Å²) in [7, 11) is -2.00. The maximum atomic E-state index is 7.73. The minimum Gasteiger partial charge on any atom is -0.439 e. The van der Waals surface area contributed by atoms with E-state index in [1.54, 1.807) is 0 Å². The van der Waals surface area contributed by atoms with Gasteiger partial charge in [-0.1, -0.05) is 36.4 Å². The Kier molecular flexibility index (Phi) is 2.28. The van der Waals surface area contributed by atoms with Crippen LogP contribution in [0.3, 0.4) is 0 Å². The molecule has 0 atom stereocenters. The van der Waals surface area contributed by atoms with Gasteiger partial charge in [0.2, 0.25) is 0 Å². The molecule has 0 unspecified atom stereocenters. The minimum absolute atomic E-state index is 0.733. The fourth-order valence-electron chi connectivity index (χ4n) is 1.78. The first-order valence-corrected chi connectivity index (χ1v) is 6.29. The van der Waals surface area contributed by atoms with Gasteiger partial charge in [0.25, 0.3) is 8.53 Å². The van der Waals surface area contributed by atoms with Crippen molar-refractivity contribution >= 4 is 8.53 Å². The third-order valence-electron chi connectivity index (χ3n) is 2.47. The number of fused-ring (bicyclic) bond motifs is 3. The van der Waals surface area contributed by atoms with Crippen LogP contribution in [-0.4, -0.2) is 0 Å². The molecule has 0 aromatic heterocycles. The summed E-state index contributed by atoms with van der Waals surface area (Å²) in [6.07, 6.45) is 0. The highest BCUT2D eigenvalue weighted by Gasteiger charge is 2.21. The van der Waals surface area contributed by atoms with E-state index < -0.39 is 8.53 Å². The summed E-state index contributed by atoms with van der Waals surface area (Å²) < 4.78 is 11.0. The number of benzene rings is 2. The van der Waals surface area contributed by atoms with Crippen molar-refractivity contribution in [3.05, 3.63) is 54.0 Å². The molecule has 4 heteroatoms. The molecule has 2 aromatic carbocycles. The van der Waals surface area contributed by atoms with Crippen LogP contribution in [0, 0.1) is 0 Å². The normalized spacial score (nSPS) is 14.1. The standard InChI is InChI=1S/C12H10NO2P/c13-16-14-11-7-3-1-5-9(11)10-6-2-4-8-12(10)15-16/h1-8,13,16H. The zero-order chi connectivity index (χ0) is 11.0. The van der Waals surface area contributed by atoms with E-state index in [1.165, 1.54) is 0 Å². The van der Waals surface area contributed by atoms with E-state index in [2.05, 4.69) is 0 Å². The zero-order valence-electron chi connectivity index (χ0n) is 8.44. The van der Waals surface area contributed by atoms with Crippen molar-refractivity contribution in [3.63, 3.8) is 0 Å². The van der Waals surface area contributed by atoms with Gasteiger partial charge in [-0.2, -0.15) is 0 Å². The third kappa shape index (κ3) is 1.54. The van der Waals surface area contributed by atoms with Gasteiger partial charge in [-0.15, -0.1) is 0 Å². The lowest BCUT2D eigenvalue weighted by Crippen LogP contribution is -1.87. The largest absolute Gasteiger partial charge is 0.439 e. The predicted octanol–water partition coefficient (Wildman–Crippen LogP) is 4.14. The lowest BCUT2D eigenvalue weighted by molar-refractivity contribution is 0.511. The fourth-order valence-corrected chi connectivity index (χ4v) is 2.57. The fraction of sp³-hybridized carbons (Fsp3) is 0.